The molecular formula is C29H36N6O4S. The largest absolute Gasteiger partial charge is 0.469 e. The number of thiophene rings is 1. The third-order valence-electron chi connectivity index (χ3n) is 7.26. The zero-order chi connectivity index (χ0) is 28.8. The molecular weight excluding hydrogens is 528 g/mol. The number of hydrogen-bond donors (Lipinski definition) is 0. The van der Waals surface area contributed by atoms with Gasteiger partial charge in [0.2, 0.25) is 0 Å². The van der Waals surface area contributed by atoms with Crippen LogP contribution in [0.15, 0.2) is 29.3 Å². The van der Waals surface area contributed by atoms with E-state index in [1.165, 1.54) is 12.0 Å². The van der Waals surface area contributed by atoms with Gasteiger partial charge in [0.05, 0.1) is 19.2 Å². The monoisotopic (exact) mass is 564 g/mol. The fourth-order valence-corrected chi connectivity index (χ4v) is 6.28. The molecule has 0 radical (unpaired) electrons. The summed E-state index contributed by atoms with van der Waals surface area (Å²) in [7, 11) is 1.38. The minimum Gasteiger partial charge on any atom is -0.469 e. The molecule has 0 aliphatic carbocycles. The van der Waals surface area contributed by atoms with Gasteiger partial charge in [-0.1, -0.05) is 12.1 Å². The standard InChI is InChI=1S/C29H36N6O4S/c1-17-18(2)40-27-24(17)25(30-22(16-23(36)38-7)26-32-31-19(3)35(26)27)20-8-10-21(11-9-20)33-12-14-34(15-13-33)28(37)39-29(4,5)6/h8-11,22H,12-16H2,1-7H3/t22-/m0/s1. The normalized spacial score (nSPS) is 17.1. The first-order valence-electron chi connectivity index (χ1n) is 13.5. The van der Waals surface area contributed by atoms with E-state index in [1.807, 2.05) is 32.3 Å². The van der Waals surface area contributed by atoms with Gasteiger partial charge in [0.15, 0.2) is 5.82 Å². The molecule has 1 saturated heterocycles. The first kappa shape index (κ1) is 27.8. The number of ether oxygens (including phenoxy) is 2. The van der Waals surface area contributed by atoms with Crippen LogP contribution < -0.4 is 4.90 Å². The highest BCUT2D eigenvalue weighted by Gasteiger charge is 2.33. The maximum Gasteiger partial charge on any atom is 0.410 e. The highest BCUT2D eigenvalue weighted by molar-refractivity contribution is 7.15. The molecule has 5 rings (SSSR count). The molecule has 40 heavy (non-hydrogen) atoms. The minimum absolute atomic E-state index is 0.0745. The number of carbonyl (C=O) groups is 2. The Balaban J connectivity index is 1.44. The molecule has 2 aliphatic rings. The summed E-state index contributed by atoms with van der Waals surface area (Å²) in [4.78, 5) is 35.2. The summed E-state index contributed by atoms with van der Waals surface area (Å²) in [6.45, 7) is 14.4. The summed E-state index contributed by atoms with van der Waals surface area (Å²) in [6.07, 6.45) is -0.191. The summed E-state index contributed by atoms with van der Waals surface area (Å²) < 4.78 is 12.5. The fraction of sp³-hybridized carbons (Fsp3) is 0.483. The quantitative estimate of drug-likeness (QED) is 0.421. The molecule has 10 nitrogen and oxygen atoms in total. The van der Waals surface area contributed by atoms with Crippen LogP contribution in [0, 0.1) is 20.8 Å². The third-order valence-corrected chi connectivity index (χ3v) is 8.46. The van der Waals surface area contributed by atoms with Gasteiger partial charge in [0.1, 0.15) is 22.5 Å². The molecule has 2 aliphatic heterocycles. The van der Waals surface area contributed by atoms with Gasteiger partial charge in [-0.3, -0.25) is 14.4 Å². The Bertz CT molecular complexity index is 1460. The Morgan fingerprint density at radius 2 is 1.70 bits per heavy atom. The van der Waals surface area contributed by atoms with Crippen LogP contribution in [0.2, 0.25) is 0 Å². The van der Waals surface area contributed by atoms with Crippen LogP contribution in [0.5, 0.6) is 0 Å². The molecule has 3 aromatic rings. The van der Waals surface area contributed by atoms with E-state index in [0.717, 1.165) is 52.0 Å². The van der Waals surface area contributed by atoms with Crippen molar-refractivity contribution in [2.24, 2.45) is 4.99 Å². The minimum atomic E-state index is -0.524. The number of fused-ring (bicyclic) bond motifs is 3. The van der Waals surface area contributed by atoms with E-state index in [9.17, 15) is 9.59 Å². The SMILES string of the molecule is COC(=O)C[C@@H]1N=C(c2ccc(N3CCN(C(=O)OC(C)(C)C)CC3)cc2)c2c(sc(C)c2C)-n2c(C)nnc21. The van der Waals surface area contributed by atoms with Gasteiger partial charge in [-0.2, -0.15) is 0 Å². The van der Waals surface area contributed by atoms with Crippen molar-refractivity contribution in [3.05, 3.63) is 57.5 Å². The van der Waals surface area contributed by atoms with Crippen molar-refractivity contribution >= 4 is 34.8 Å². The smallest absolute Gasteiger partial charge is 0.410 e. The molecule has 4 heterocycles. The molecule has 1 amide bonds. The van der Waals surface area contributed by atoms with Crippen molar-refractivity contribution in [3.63, 3.8) is 0 Å². The average Bonchev–Trinajstić information content (AvgIpc) is 3.39. The predicted octanol–water partition coefficient (Wildman–Crippen LogP) is 4.77. The van der Waals surface area contributed by atoms with E-state index >= 15 is 0 Å². The second kappa shape index (κ2) is 10.7. The number of piperazine rings is 1. The van der Waals surface area contributed by atoms with E-state index in [4.69, 9.17) is 14.5 Å². The number of nitrogens with zero attached hydrogens (tertiary/aromatic N) is 6. The molecule has 1 fully saturated rings. The van der Waals surface area contributed by atoms with Crippen molar-refractivity contribution < 1.29 is 19.1 Å². The number of aromatic nitrogens is 3. The van der Waals surface area contributed by atoms with Gasteiger partial charge in [0, 0.05) is 47.9 Å². The van der Waals surface area contributed by atoms with Gasteiger partial charge in [-0.25, -0.2) is 4.79 Å². The number of aryl methyl sites for hydroxylation is 2. The first-order chi connectivity index (χ1) is 19.0. The van der Waals surface area contributed by atoms with E-state index in [0.29, 0.717) is 18.9 Å². The molecule has 1 atom stereocenters. The highest BCUT2D eigenvalue weighted by Crippen LogP contribution is 2.39. The zero-order valence-electron chi connectivity index (χ0n) is 24.1. The molecule has 0 unspecified atom stereocenters. The van der Waals surface area contributed by atoms with E-state index in [2.05, 4.69) is 53.2 Å². The number of carbonyl (C=O) groups excluding carboxylic acids is 2. The van der Waals surface area contributed by atoms with E-state index in [-0.39, 0.29) is 18.5 Å². The summed E-state index contributed by atoms with van der Waals surface area (Å²) in [5.74, 6) is 1.05. The van der Waals surface area contributed by atoms with E-state index < -0.39 is 11.6 Å². The van der Waals surface area contributed by atoms with Crippen molar-refractivity contribution in [1.82, 2.24) is 19.7 Å². The number of esters is 1. The molecule has 2 aromatic heterocycles. The lowest BCUT2D eigenvalue weighted by atomic mass is 9.99. The fourth-order valence-electron chi connectivity index (χ4n) is 5.07. The number of methoxy groups -OCH3 is 1. The number of aliphatic imine (C=N–C) groups is 1. The summed E-state index contributed by atoms with van der Waals surface area (Å²) in [5.41, 5.74) is 4.56. The number of amides is 1. The maximum atomic E-state index is 12.5. The lowest BCUT2D eigenvalue weighted by Crippen LogP contribution is -2.50. The van der Waals surface area contributed by atoms with Crippen molar-refractivity contribution in [1.29, 1.82) is 0 Å². The Morgan fingerprint density at radius 1 is 1.02 bits per heavy atom. The Labute approximate surface area is 238 Å². The average molecular weight is 565 g/mol. The Kier molecular flexibility index (Phi) is 7.43. The van der Waals surface area contributed by atoms with Gasteiger partial charge in [-0.15, -0.1) is 21.5 Å². The van der Waals surface area contributed by atoms with Crippen LogP contribution in [-0.2, 0) is 14.3 Å². The number of rotatable bonds is 4. The molecule has 0 bridgehead atoms. The van der Waals surface area contributed by atoms with E-state index in [1.54, 1.807) is 16.2 Å². The maximum absolute atomic E-state index is 12.5. The van der Waals surface area contributed by atoms with Gasteiger partial charge >= 0.3 is 12.1 Å². The van der Waals surface area contributed by atoms with Crippen LogP contribution in [-0.4, -0.2) is 76.3 Å². The summed E-state index contributed by atoms with van der Waals surface area (Å²) in [6, 6.07) is 7.84. The molecule has 212 valence electrons. The van der Waals surface area contributed by atoms with Crippen LogP contribution >= 0.6 is 11.3 Å². The highest BCUT2D eigenvalue weighted by atomic mass is 32.1. The van der Waals surface area contributed by atoms with Crippen molar-refractivity contribution in [2.45, 2.75) is 59.6 Å². The Morgan fingerprint density at radius 3 is 2.33 bits per heavy atom. The Hall–Kier alpha value is -3.73. The third kappa shape index (κ3) is 5.34. The summed E-state index contributed by atoms with van der Waals surface area (Å²) in [5, 5.41) is 9.76. The van der Waals surface area contributed by atoms with Gasteiger partial charge in [0.25, 0.3) is 0 Å². The van der Waals surface area contributed by atoms with Crippen LogP contribution in [0.1, 0.15) is 66.5 Å². The molecule has 1 aromatic carbocycles. The van der Waals surface area contributed by atoms with Crippen LogP contribution in [0.3, 0.4) is 0 Å². The second-order valence-corrected chi connectivity index (χ2v) is 12.4. The number of anilines is 1. The molecule has 0 saturated carbocycles. The van der Waals surface area contributed by atoms with Gasteiger partial charge < -0.3 is 19.3 Å². The molecule has 0 N–H and O–H groups in total. The topological polar surface area (TPSA) is 102 Å². The number of hydrogen-bond acceptors (Lipinski definition) is 9. The second-order valence-electron chi connectivity index (χ2n) is 11.2. The molecule has 11 heteroatoms. The van der Waals surface area contributed by atoms with Crippen LogP contribution in [0.4, 0.5) is 10.5 Å². The van der Waals surface area contributed by atoms with Crippen LogP contribution in [0.25, 0.3) is 5.00 Å². The van der Waals surface area contributed by atoms with Crippen molar-refractivity contribution in [2.75, 3.05) is 38.2 Å². The lowest BCUT2D eigenvalue weighted by Gasteiger charge is -2.36. The predicted molar refractivity (Wildman–Crippen MR) is 155 cm³/mol. The van der Waals surface area contributed by atoms with Crippen molar-refractivity contribution in [3.8, 4) is 5.00 Å². The zero-order valence-corrected chi connectivity index (χ0v) is 25.0. The van der Waals surface area contributed by atoms with Gasteiger partial charge in [-0.05, 0) is 59.2 Å². The number of benzene rings is 1. The summed E-state index contributed by atoms with van der Waals surface area (Å²) >= 11 is 1.68. The molecule has 0 spiro atoms. The first-order valence-corrected chi connectivity index (χ1v) is 14.3. The lowest BCUT2D eigenvalue weighted by molar-refractivity contribution is -0.141.